The Kier molecular flexibility index (Phi) is 9.05. The summed E-state index contributed by atoms with van der Waals surface area (Å²) in [5.74, 6) is -1.43. The van der Waals surface area contributed by atoms with Gasteiger partial charge in [-0.1, -0.05) is 60.7 Å². The van der Waals surface area contributed by atoms with Crippen molar-refractivity contribution in [1.29, 1.82) is 0 Å². The third kappa shape index (κ3) is 7.20. The molecule has 180 valence electrons. The van der Waals surface area contributed by atoms with Gasteiger partial charge in [0, 0.05) is 22.7 Å². The molecule has 5 N–H and O–H groups in total. The molecule has 1 aliphatic rings. The summed E-state index contributed by atoms with van der Waals surface area (Å²) in [6.45, 7) is 0.519. The van der Waals surface area contributed by atoms with Crippen molar-refractivity contribution >= 4 is 40.4 Å². The number of carboxylic acid groups (broad SMARTS) is 1. The van der Waals surface area contributed by atoms with Gasteiger partial charge in [0.2, 0.25) is 0 Å². The summed E-state index contributed by atoms with van der Waals surface area (Å²) in [4.78, 5) is 36.8. The van der Waals surface area contributed by atoms with Gasteiger partial charge in [-0.15, -0.1) is 0 Å². The summed E-state index contributed by atoms with van der Waals surface area (Å²) in [6, 6.07) is 25.2. The number of amides is 3. The van der Waals surface area contributed by atoms with E-state index in [1.165, 1.54) is 21.2 Å². The van der Waals surface area contributed by atoms with Gasteiger partial charge in [0.15, 0.2) is 0 Å². The highest BCUT2D eigenvalue weighted by atomic mass is 32.2. The molecule has 8 nitrogen and oxygen atoms in total. The number of carbonyl (C=O) groups excluding carboxylic acids is 2. The fourth-order valence-electron chi connectivity index (χ4n) is 3.28. The van der Waals surface area contributed by atoms with Gasteiger partial charge in [0.1, 0.15) is 6.54 Å². The molecule has 0 spiro atoms. The van der Waals surface area contributed by atoms with Crippen molar-refractivity contribution in [2.45, 2.75) is 6.54 Å². The number of carbonyl (C=O) groups is 3. The van der Waals surface area contributed by atoms with Gasteiger partial charge in [-0.3, -0.25) is 18.8 Å². The lowest BCUT2D eigenvalue weighted by molar-refractivity contribution is -0.135. The first-order valence-electron chi connectivity index (χ1n) is 10.8. The number of para-hydroxylation sites is 1. The molecule has 9 heteroatoms. The minimum atomic E-state index is -1.07. The molecule has 3 aromatic rings. The van der Waals surface area contributed by atoms with Crippen LogP contribution in [0.25, 0.3) is 4.91 Å². The molecule has 0 aliphatic carbocycles. The number of carboxylic acids is 1. The molecule has 0 fully saturated rings. The molecule has 0 unspecified atom stereocenters. The minimum absolute atomic E-state index is 0.325. The number of anilines is 1. The average Bonchev–Trinajstić information content (AvgIpc) is 3.39. The molecular formula is C26H26N4O4S. The van der Waals surface area contributed by atoms with Gasteiger partial charge in [-0.2, -0.15) is 0 Å². The second kappa shape index (κ2) is 12.4. The van der Waals surface area contributed by atoms with Gasteiger partial charge >= 0.3 is 12.0 Å². The third-order valence-corrected chi connectivity index (χ3v) is 6.12. The second-order valence-corrected chi connectivity index (χ2v) is 8.51. The number of nitrogens with zero attached hydrogens (tertiary/aromatic N) is 2. The molecule has 0 aromatic heterocycles. The number of rotatable bonds is 6. The van der Waals surface area contributed by atoms with E-state index in [1.54, 1.807) is 42.5 Å². The summed E-state index contributed by atoms with van der Waals surface area (Å²) >= 11 is 1.39. The number of hydrogen-bond donors (Lipinski definition) is 3. The maximum atomic E-state index is 12.6. The van der Waals surface area contributed by atoms with E-state index in [4.69, 9.17) is 16.6 Å². The first-order valence-corrected chi connectivity index (χ1v) is 11.5. The highest BCUT2D eigenvalue weighted by molar-refractivity contribution is 8.06. The Morgan fingerprint density at radius 1 is 0.943 bits per heavy atom. The lowest BCUT2D eigenvalue weighted by Crippen LogP contribution is -2.35. The van der Waals surface area contributed by atoms with E-state index in [9.17, 15) is 14.4 Å². The van der Waals surface area contributed by atoms with Crippen molar-refractivity contribution in [2.75, 3.05) is 18.0 Å². The first kappa shape index (κ1) is 25.5. The molecule has 0 atom stereocenters. The Morgan fingerprint density at radius 2 is 1.60 bits per heavy atom. The fraction of sp³-hybridized carbons (Fsp3) is 0.115. The van der Waals surface area contributed by atoms with Crippen LogP contribution in [0.4, 0.5) is 10.5 Å². The monoisotopic (exact) mass is 490 g/mol. The van der Waals surface area contributed by atoms with Crippen molar-refractivity contribution in [3.8, 4) is 0 Å². The largest absolute Gasteiger partial charge is 0.480 e. The van der Waals surface area contributed by atoms with Crippen LogP contribution in [0, 0.1) is 0 Å². The predicted molar refractivity (Wildman–Crippen MR) is 138 cm³/mol. The SMILES string of the molecule is NC(=O)N1CC=C(c2ccccc2)S1.NCc1cccc(C(=O)N(CC(=O)O)c2ccccc2)c1. The summed E-state index contributed by atoms with van der Waals surface area (Å²) in [5, 5.41) is 9.03. The fourth-order valence-corrected chi connectivity index (χ4v) is 4.14. The van der Waals surface area contributed by atoms with Gasteiger partial charge in [-0.25, -0.2) is 4.79 Å². The maximum absolute atomic E-state index is 12.6. The Hall–Kier alpha value is -4.08. The van der Waals surface area contributed by atoms with Gasteiger partial charge < -0.3 is 16.6 Å². The van der Waals surface area contributed by atoms with Gasteiger partial charge in [0.05, 0.1) is 6.54 Å². The number of aliphatic carboxylic acids is 1. The molecule has 3 amide bonds. The van der Waals surface area contributed by atoms with E-state index >= 15 is 0 Å². The highest BCUT2D eigenvalue weighted by Crippen LogP contribution is 2.35. The molecule has 3 aromatic carbocycles. The Labute approximate surface area is 208 Å². The number of hydrogen-bond acceptors (Lipinski definition) is 5. The molecule has 0 radical (unpaired) electrons. The zero-order valence-electron chi connectivity index (χ0n) is 18.9. The van der Waals surface area contributed by atoms with E-state index in [1.807, 2.05) is 48.5 Å². The molecule has 1 heterocycles. The summed E-state index contributed by atoms with van der Waals surface area (Å²) < 4.78 is 1.53. The molecule has 0 bridgehead atoms. The Bertz CT molecular complexity index is 1200. The zero-order chi connectivity index (χ0) is 25.2. The smallest absolute Gasteiger partial charge is 0.325 e. The third-order valence-electron chi connectivity index (χ3n) is 4.97. The predicted octanol–water partition coefficient (Wildman–Crippen LogP) is 3.95. The molecule has 0 saturated heterocycles. The number of primary amides is 1. The van der Waals surface area contributed by atoms with Crippen molar-refractivity contribution in [3.05, 3.63) is 108 Å². The summed E-state index contributed by atoms with van der Waals surface area (Å²) in [5.41, 5.74) is 13.7. The topological polar surface area (TPSA) is 130 Å². The van der Waals surface area contributed by atoms with Crippen molar-refractivity contribution in [1.82, 2.24) is 4.31 Å². The van der Waals surface area contributed by atoms with E-state index in [0.717, 1.165) is 16.0 Å². The van der Waals surface area contributed by atoms with Crippen molar-refractivity contribution in [2.24, 2.45) is 11.5 Å². The second-order valence-electron chi connectivity index (χ2n) is 7.45. The highest BCUT2D eigenvalue weighted by Gasteiger charge is 2.21. The first-order chi connectivity index (χ1) is 16.9. The van der Waals surface area contributed by atoms with E-state index in [0.29, 0.717) is 24.3 Å². The lowest BCUT2D eigenvalue weighted by Gasteiger charge is -2.21. The summed E-state index contributed by atoms with van der Waals surface area (Å²) in [6.07, 6.45) is 2.00. The lowest BCUT2D eigenvalue weighted by atomic mass is 10.1. The standard InChI is InChI=1S/C16H16N2O3.C10H10N2OS/c17-10-12-5-4-6-13(9-12)16(21)18(11-15(19)20)14-7-2-1-3-8-14;11-10(13)12-7-6-9(14-12)8-4-2-1-3-5-8/h1-9H,10-11,17H2,(H,19,20);1-6H,7H2,(H2,11,13). The van der Waals surface area contributed by atoms with E-state index in [2.05, 4.69) is 0 Å². The average molecular weight is 491 g/mol. The van der Waals surface area contributed by atoms with Crippen molar-refractivity contribution in [3.63, 3.8) is 0 Å². The maximum Gasteiger partial charge on any atom is 0.325 e. The Morgan fingerprint density at radius 3 is 2.17 bits per heavy atom. The minimum Gasteiger partial charge on any atom is -0.480 e. The number of urea groups is 1. The van der Waals surface area contributed by atoms with E-state index in [-0.39, 0.29) is 5.91 Å². The molecule has 4 rings (SSSR count). The number of nitrogens with two attached hydrogens (primary N) is 2. The van der Waals surface area contributed by atoms with Gasteiger partial charge in [-0.05, 0) is 53.4 Å². The van der Waals surface area contributed by atoms with Crippen LogP contribution in [-0.4, -0.2) is 40.4 Å². The molecule has 35 heavy (non-hydrogen) atoms. The van der Waals surface area contributed by atoms with Crippen LogP contribution in [-0.2, 0) is 11.3 Å². The zero-order valence-corrected chi connectivity index (χ0v) is 19.7. The van der Waals surface area contributed by atoms with Crippen molar-refractivity contribution < 1.29 is 19.5 Å². The van der Waals surface area contributed by atoms with Crippen LogP contribution in [0.5, 0.6) is 0 Å². The van der Waals surface area contributed by atoms with Crippen LogP contribution in [0.1, 0.15) is 21.5 Å². The van der Waals surface area contributed by atoms with Crippen LogP contribution < -0.4 is 16.4 Å². The van der Waals surface area contributed by atoms with E-state index < -0.39 is 18.5 Å². The molecule has 1 aliphatic heterocycles. The number of benzene rings is 3. The summed E-state index contributed by atoms with van der Waals surface area (Å²) in [7, 11) is 0. The van der Waals surface area contributed by atoms with Crippen LogP contribution in [0.15, 0.2) is 91.0 Å². The Balaban J connectivity index is 0.000000211. The van der Waals surface area contributed by atoms with Gasteiger partial charge in [0.25, 0.3) is 5.91 Å². The normalized spacial score (nSPS) is 12.3. The molecular weight excluding hydrogens is 464 g/mol. The van der Waals surface area contributed by atoms with Crippen LogP contribution in [0.2, 0.25) is 0 Å². The van der Waals surface area contributed by atoms with Crippen LogP contribution in [0.3, 0.4) is 0 Å². The quantitative estimate of drug-likeness (QED) is 0.449. The van der Waals surface area contributed by atoms with Crippen LogP contribution >= 0.6 is 11.9 Å². The molecule has 0 saturated carbocycles.